The standard InChI is InChI=1S/C24H35FO2/c1-24-12-11-20-19-8-7-18(26)15-17(19)14-16(6-4-2-3-5-13-25)23(20)21(24)9-10-22(24)27/h7-8,15-16,20-23,26-27H,2-6,9-14H2,1H3/t16-,20?,21?,22+,23?,24+/m1/s1. The van der Waals surface area contributed by atoms with E-state index in [1.165, 1.54) is 24.0 Å². The maximum atomic E-state index is 12.4. The Labute approximate surface area is 163 Å². The number of rotatable bonds is 6. The number of aliphatic hydroxyl groups excluding tert-OH is 1. The second-order valence-electron chi connectivity index (χ2n) is 9.67. The number of hydrogen-bond acceptors (Lipinski definition) is 2. The quantitative estimate of drug-likeness (QED) is 0.622. The minimum atomic E-state index is -0.195. The SMILES string of the molecule is C[C@]12CCC3c4ccc(O)cc4C[C@@H](CCCCCCF)C3C1CC[C@@H]2O. The Hall–Kier alpha value is -1.09. The lowest BCUT2D eigenvalue weighted by molar-refractivity contribution is -0.0396. The molecule has 1 aromatic carbocycles. The smallest absolute Gasteiger partial charge is 0.115 e. The maximum absolute atomic E-state index is 12.4. The predicted molar refractivity (Wildman–Crippen MR) is 107 cm³/mol. The summed E-state index contributed by atoms with van der Waals surface area (Å²) < 4.78 is 12.4. The van der Waals surface area contributed by atoms with Gasteiger partial charge in [-0.25, -0.2) is 0 Å². The van der Waals surface area contributed by atoms with Gasteiger partial charge in [0.1, 0.15) is 5.75 Å². The van der Waals surface area contributed by atoms with Gasteiger partial charge in [0.25, 0.3) is 0 Å². The van der Waals surface area contributed by atoms with Gasteiger partial charge in [0.2, 0.25) is 0 Å². The first-order chi connectivity index (χ1) is 13.0. The molecule has 2 nitrogen and oxygen atoms in total. The van der Waals surface area contributed by atoms with Crippen LogP contribution in [-0.2, 0) is 6.42 Å². The zero-order chi connectivity index (χ0) is 19.0. The Bertz CT molecular complexity index is 660. The highest BCUT2D eigenvalue weighted by atomic mass is 19.1. The van der Waals surface area contributed by atoms with Crippen LogP contribution in [0, 0.1) is 23.2 Å². The minimum absolute atomic E-state index is 0.0854. The minimum Gasteiger partial charge on any atom is -0.508 e. The van der Waals surface area contributed by atoms with Gasteiger partial charge in [-0.1, -0.05) is 32.3 Å². The van der Waals surface area contributed by atoms with Crippen LogP contribution in [-0.4, -0.2) is 23.0 Å². The predicted octanol–water partition coefficient (Wildman–Crippen LogP) is 5.76. The zero-order valence-electron chi connectivity index (χ0n) is 16.7. The number of benzene rings is 1. The number of phenols is 1. The molecular formula is C24H35FO2. The summed E-state index contributed by atoms with van der Waals surface area (Å²) in [5, 5.41) is 20.7. The summed E-state index contributed by atoms with van der Waals surface area (Å²) in [7, 11) is 0. The van der Waals surface area contributed by atoms with Crippen molar-refractivity contribution in [2.24, 2.45) is 23.2 Å². The summed E-state index contributed by atoms with van der Waals surface area (Å²) in [6, 6.07) is 6.00. The van der Waals surface area contributed by atoms with E-state index in [0.29, 0.717) is 35.8 Å². The molecule has 0 heterocycles. The molecule has 4 rings (SSSR count). The first kappa shape index (κ1) is 19.2. The van der Waals surface area contributed by atoms with Crippen LogP contribution in [0.2, 0.25) is 0 Å². The molecule has 0 spiro atoms. The molecule has 27 heavy (non-hydrogen) atoms. The zero-order valence-corrected chi connectivity index (χ0v) is 16.7. The van der Waals surface area contributed by atoms with Crippen molar-refractivity contribution >= 4 is 0 Å². The van der Waals surface area contributed by atoms with Gasteiger partial charge >= 0.3 is 0 Å². The number of phenolic OH excluding ortho intramolecular Hbond substituents is 1. The summed E-state index contributed by atoms with van der Waals surface area (Å²) in [6.45, 7) is 2.13. The van der Waals surface area contributed by atoms with Gasteiger partial charge in [0, 0.05) is 0 Å². The van der Waals surface area contributed by atoms with Crippen LogP contribution < -0.4 is 0 Å². The highest BCUT2D eigenvalue weighted by molar-refractivity contribution is 5.40. The van der Waals surface area contributed by atoms with Crippen LogP contribution in [0.3, 0.4) is 0 Å². The molecule has 2 N–H and O–H groups in total. The Morgan fingerprint density at radius 2 is 1.93 bits per heavy atom. The molecule has 6 atom stereocenters. The number of alkyl halides is 1. The van der Waals surface area contributed by atoms with Crippen molar-refractivity contribution in [1.82, 2.24) is 0 Å². The lowest BCUT2D eigenvalue weighted by atomic mass is 9.52. The third kappa shape index (κ3) is 3.41. The fourth-order valence-corrected chi connectivity index (χ4v) is 6.89. The highest BCUT2D eigenvalue weighted by Gasteiger charge is 2.56. The highest BCUT2D eigenvalue weighted by Crippen LogP contribution is 2.62. The van der Waals surface area contributed by atoms with E-state index in [0.717, 1.165) is 44.9 Å². The number of hydrogen-bond donors (Lipinski definition) is 2. The van der Waals surface area contributed by atoms with E-state index in [1.807, 2.05) is 12.1 Å². The molecule has 3 unspecified atom stereocenters. The number of aliphatic hydroxyl groups is 1. The van der Waals surface area contributed by atoms with Crippen LogP contribution in [0.25, 0.3) is 0 Å². The second kappa shape index (κ2) is 7.73. The molecule has 0 aromatic heterocycles. The lowest BCUT2D eigenvalue weighted by Crippen LogP contribution is -2.47. The Morgan fingerprint density at radius 1 is 1.11 bits per heavy atom. The van der Waals surface area contributed by atoms with Gasteiger partial charge in [-0.05, 0) is 97.3 Å². The summed E-state index contributed by atoms with van der Waals surface area (Å²) >= 11 is 0. The fraction of sp³-hybridized carbons (Fsp3) is 0.750. The third-order valence-electron chi connectivity index (χ3n) is 8.29. The summed E-state index contributed by atoms with van der Waals surface area (Å²) in [5.74, 6) is 2.85. The summed E-state index contributed by atoms with van der Waals surface area (Å²) in [6.07, 6.45) is 10.5. The molecule has 0 bridgehead atoms. The number of fused-ring (bicyclic) bond motifs is 5. The van der Waals surface area contributed by atoms with Crippen LogP contribution in [0.4, 0.5) is 4.39 Å². The van der Waals surface area contributed by atoms with E-state index in [1.54, 1.807) is 0 Å². The normalized spacial score (nSPS) is 37.5. The first-order valence-corrected chi connectivity index (χ1v) is 11.1. The first-order valence-electron chi connectivity index (χ1n) is 11.1. The molecule has 0 aliphatic heterocycles. The number of aromatic hydroxyl groups is 1. The molecule has 0 saturated heterocycles. The van der Waals surface area contributed by atoms with E-state index in [9.17, 15) is 14.6 Å². The van der Waals surface area contributed by atoms with Crippen molar-refractivity contribution in [1.29, 1.82) is 0 Å². The second-order valence-corrected chi connectivity index (χ2v) is 9.67. The van der Waals surface area contributed by atoms with Crippen molar-refractivity contribution in [3.63, 3.8) is 0 Å². The average molecular weight is 375 g/mol. The molecular weight excluding hydrogens is 339 g/mol. The van der Waals surface area contributed by atoms with Crippen molar-refractivity contribution < 1.29 is 14.6 Å². The van der Waals surface area contributed by atoms with Gasteiger partial charge < -0.3 is 10.2 Å². The fourth-order valence-electron chi connectivity index (χ4n) is 6.89. The molecule has 2 fully saturated rings. The largest absolute Gasteiger partial charge is 0.508 e. The molecule has 0 amide bonds. The lowest BCUT2D eigenvalue weighted by Gasteiger charge is -2.53. The van der Waals surface area contributed by atoms with Gasteiger partial charge in [-0.3, -0.25) is 4.39 Å². The van der Waals surface area contributed by atoms with E-state index >= 15 is 0 Å². The van der Waals surface area contributed by atoms with E-state index in [-0.39, 0.29) is 18.2 Å². The number of unbranched alkanes of at least 4 members (excludes halogenated alkanes) is 3. The van der Waals surface area contributed by atoms with Crippen LogP contribution in [0.15, 0.2) is 18.2 Å². The Morgan fingerprint density at radius 3 is 2.74 bits per heavy atom. The van der Waals surface area contributed by atoms with Gasteiger partial charge in [0.05, 0.1) is 12.8 Å². The van der Waals surface area contributed by atoms with Crippen molar-refractivity contribution in [3.05, 3.63) is 29.3 Å². The Kier molecular flexibility index (Phi) is 5.51. The Balaban J connectivity index is 1.59. The maximum Gasteiger partial charge on any atom is 0.115 e. The molecule has 3 heteroatoms. The molecule has 1 aromatic rings. The summed E-state index contributed by atoms with van der Waals surface area (Å²) in [5.41, 5.74) is 2.88. The van der Waals surface area contributed by atoms with E-state index in [4.69, 9.17) is 0 Å². The average Bonchev–Trinajstić information content (AvgIpc) is 2.96. The molecule has 2 saturated carbocycles. The van der Waals surface area contributed by atoms with Crippen LogP contribution in [0.5, 0.6) is 5.75 Å². The monoisotopic (exact) mass is 374 g/mol. The number of halogens is 1. The molecule has 150 valence electrons. The van der Waals surface area contributed by atoms with Gasteiger partial charge in [-0.2, -0.15) is 0 Å². The molecule has 0 radical (unpaired) electrons. The van der Waals surface area contributed by atoms with Gasteiger partial charge in [0.15, 0.2) is 0 Å². The van der Waals surface area contributed by atoms with Crippen molar-refractivity contribution in [3.8, 4) is 5.75 Å². The molecule has 3 aliphatic rings. The van der Waals surface area contributed by atoms with Crippen LogP contribution in [0.1, 0.15) is 81.8 Å². The third-order valence-corrected chi connectivity index (χ3v) is 8.29. The van der Waals surface area contributed by atoms with Crippen molar-refractivity contribution in [2.75, 3.05) is 6.67 Å². The van der Waals surface area contributed by atoms with Crippen molar-refractivity contribution in [2.45, 2.75) is 83.2 Å². The topological polar surface area (TPSA) is 40.5 Å². The summed E-state index contributed by atoms with van der Waals surface area (Å²) in [4.78, 5) is 0. The van der Waals surface area contributed by atoms with E-state index in [2.05, 4.69) is 13.0 Å². The molecule has 3 aliphatic carbocycles. The van der Waals surface area contributed by atoms with Crippen LogP contribution >= 0.6 is 0 Å². The van der Waals surface area contributed by atoms with Gasteiger partial charge in [-0.15, -0.1) is 0 Å². The van der Waals surface area contributed by atoms with E-state index < -0.39 is 0 Å².